The van der Waals surface area contributed by atoms with Crippen molar-refractivity contribution in [1.29, 1.82) is 0 Å². The van der Waals surface area contributed by atoms with Crippen molar-refractivity contribution < 1.29 is 19.5 Å². The summed E-state index contributed by atoms with van der Waals surface area (Å²) < 4.78 is 5.89. The minimum atomic E-state index is -2.55. The third kappa shape index (κ3) is 4.50. The third-order valence-corrected chi connectivity index (χ3v) is 5.34. The van der Waals surface area contributed by atoms with Crippen LogP contribution in [0.25, 0.3) is 10.8 Å². The van der Waals surface area contributed by atoms with E-state index in [1.807, 2.05) is 42.6 Å². The Hall–Kier alpha value is -1.32. The first-order valence-corrected chi connectivity index (χ1v) is 13.3. The fourth-order valence-corrected chi connectivity index (χ4v) is 4.13. The second-order valence-corrected chi connectivity index (χ2v) is 11.7. The summed E-state index contributed by atoms with van der Waals surface area (Å²) in [6.45, 7) is 6.43. The average molecular weight is 421 g/mol. The summed E-state index contributed by atoms with van der Waals surface area (Å²) in [5.41, 5.74) is 2.80. The summed E-state index contributed by atoms with van der Waals surface area (Å²) in [4.78, 5) is 4.72. The molecule has 0 saturated carbocycles. The zero-order valence-corrected chi connectivity index (χ0v) is 18.0. The van der Waals surface area contributed by atoms with Crippen molar-refractivity contribution in [3.63, 3.8) is 0 Å². The molecule has 0 radical (unpaired) electrons. The Bertz CT molecular complexity index is 943. The van der Waals surface area contributed by atoms with Crippen LogP contribution in [-0.2, 0) is 21.6 Å². The molecule has 3 aromatic carbocycles. The number of aliphatic imine (C=N–C) groups is 1. The van der Waals surface area contributed by atoms with Crippen LogP contribution in [-0.4, -0.2) is 6.21 Å². The maximum absolute atomic E-state index is 6.07. The molecule has 26 heavy (non-hydrogen) atoms. The molecule has 0 spiro atoms. The van der Waals surface area contributed by atoms with Gasteiger partial charge < -0.3 is 0 Å². The number of halogens is 2. The molecule has 0 N–H and O–H groups in total. The average Bonchev–Trinajstić information content (AvgIpc) is 2.59. The van der Waals surface area contributed by atoms with Crippen molar-refractivity contribution in [2.45, 2.75) is 26.2 Å². The summed E-state index contributed by atoms with van der Waals surface area (Å²) in [5.74, 6) is 0.740. The van der Waals surface area contributed by atoms with Crippen molar-refractivity contribution in [1.82, 2.24) is 0 Å². The van der Waals surface area contributed by atoms with Gasteiger partial charge in [-0.15, -0.1) is 0 Å². The SMILES string of the molecule is CC(C)(C)c1cccc(C=Nc2cccc3ccccc23)c1[O][Ti]([Cl])[Cl]. The van der Waals surface area contributed by atoms with Crippen LogP contribution in [0.3, 0.4) is 0 Å². The monoisotopic (exact) mass is 420 g/mol. The van der Waals surface area contributed by atoms with Gasteiger partial charge in [0, 0.05) is 0 Å². The van der Waals surface area contributed by atoms with E-state index in [1.165, 1.54) is 0 Å². The number of rotatable bonds is 4. The van der Waals surface area contributed by atoms with Gasteiger partial charge in [-0.05, 0) is 0 Å². The molecule has 0 heterocycles. The molecule has 0 amide bonds. The van der Waals surface area contributed by atoms with Gasteiger partial charge >= 0.3 is 169 Å². The van der Waals surface area contributed by atoms with Crippen LogP contribution in [0.5, 0.6) is 5.75 Å². The Labute approximate surface area is 168 Å². The normalized spacial score (nSPS) is 11.9. The summed E-state index contributed by atoms with van der Waals surface area (Å²) >= 11 is -2.55. The van der Waals surface area contributed by atoms with E-state index in [-0.39, 0.29) is 5.41 Å². The van der Waals surface area contributed by atoms with E-state index in [0.717, 1.165) is 33.3 Å². The molecule has 3 aromatic rings. The molecule has 5 heteroatoms. The summed E-state index contributed by atoms with van der Waals surface area (Å²) in [6.07, 6.45) is 1.83. The summed E-state index contributed by atoms with van der Waals surface area (Å²) in [6, 6.07) is 20.4. The number of para-hydroxylation sites is 1. The molecular formula is C21H20Cl2NOTi. The first-order valence-electron chi connectivity index (χ1n) is 8.37. The quantitative estimate of drug-likeness (QED) is 0.325. The van der Waals surface area contributed by atoms with Crippen LogP contribution < -0.4 is 3.32 Å². The molecule has 133 valence electrons. The van der Waals surface area contributed by atoms with Gasteiger partial charge in [0.05, 0.1) is 0 Å². The molecule has 0 aliphatic heterocycles. The molecule has 0 atom stereocenters. The van der Waals surface area contributed by atoms with Gasteiger partial charge in [-0.2, -0.15) is 0 Å². The summed E-state index contributed by atoms with van der Waals surface area (Å²) in [5, 5.41) is 2.28. The molecule has 0 saturated heterocycles. The van der Waals surface area contributed by atoms with Crippen molar-refractivity contribution >= 4 is 41.3 Å². The number of benzene rings is 3. The van der Waals surface area contributed by atoms with Crippen molar-refractivity contribution in [2.24, 2.45) is 4.99 Å². The molecule has 0 aromatic heterocycles. The van der Waals surface area contributed by atoms with Crippen LogP contribution in [0.2, 0.25) is 0 Å². The summed E-state index contributed by atoms with van der Waals surface area (Å²) in [7, 11) is 12.1. The maximum atomic E-state index is 6.07. The molecule has 0 bridgehead atoms. The molecule has 0 unspecified atom stereocenters. The topological polar surface area (TPSA) is 21.6 Å². The van der Waals surface area contributed by atoms with Gasteiger partial charge in [-0.3, -0.25) is 0 Å². The first kappa shape index (κ1) is 19.4. The minimum absolute atomic E-state index is 0.0832. The van der Waals surface area contributed by atoms with Gasteiger partial charge in [0.1, 0.15) is 0 Å². The second kappa shape index (κ2) is 8.14. The van der Waals surface area contributed by atoms with Crippen LogP contribution >= 0.6 is 18.6 Å². The predicted molar refractivity (Wildman–Crippen MR) is 109 cm³/mol. The van der Waals surface area contributed by atoms with E-state index in [1.54, 1.807) is 0 Å². The Morgan fingerprint density at radius 2 is 1.62 bits per heavy atom. The second-order valence-electron chi connectivity index (χ2n) is 7.06. The number of nitrogens with zero attached hydrogens (tertiary/aromatic N) is 1. The van der Waals surface area contributed by atoms with Crippen molar-refractivity contribution in [2.75, 3.05) is 0 Å². The number of fused-ring (bicyclic) bond motifs is 1. The molecular weight excluding hydrogens is 401 g/mol. The van der Waals surface area contributed by atoms with Crippen LogP contribution in [0.4, 0.5) is 5.69 Å². The Morgan fingerprint density at radius 3 is 2.35 bits per heavy atom. The van der Waals surface area contributed by atoms with Crippen LogP contribution in [0, 0.1) is 0 Å². The van der Waals surface area contributed by atoms with E-state index in [2.05, 4.69) is 45.0 Å². The van der Waals surface area contributed by atoms with E-state index < -0.39 is 16.1 Å². The fourth-order valence-electron chi connectivity index (χ4n) is 2.90. The van der Waals surface area contributed by atoms with Crippen molar-refractivity contribution in [3.8, 4) is 5.75 Å². The van der Waals surface area contributed by atoms with Crippen LogP contribution in [0.15, 0.2) is 65.7 Å². The van der Waals surface area contributed by atoms with E-state index >= 15 is 0 Å². The third-order valence-electron chi connectivity index (χ3n) is 4.14. The zero-order chi connectivity index (χ0) is 18.7. The predicted octanol–water partition coefficient (Wildman–Crippen LogP) is 7.11. The standard InChI is InChI=1S/C21H21NO.2ClH.Ti/c1-21(2,3)18-12-6-10-16(20(18)23)14-22-19-13-7-9-15-8-4-5-11-17(15)19;;;/h4-14,23H,1-3H3;2*1H;/q;;;+3/p-3. The molecule has 0 fully saturated rings. The zero-order valence-electron chi connectivity index (χ0n) is 15.0. The molecule has 3 rings (SSSR count). The fraction of sp³-hybridized carbons (Fsp3) is 0.190. The van der Waals surface area contributed by atoms with Gasteiger partial charge in [0.25, 0.3) is 0 Å². The first-order chi connectivity index (χ1) is 12.4. The number of hydrogen-bond acceptors (Lipinski definition) is 2. The van der Waals surface area contributed by atoms with E-state index in [0.29, 0.717) is 0 Å². The van der Waals surface area contributed by atoms with Gasteiger partial charge in [-0.1, -0.05) is 0 Å². The number of hydrogen-bond donors (Lipinski definition) is 0. The van der Waals surface area contributed by atoms with Gasteiger partial charge in [0.15, 0.2) is 0 Å². The molecule has 2 nitrogen and oxygen atoms in total. The Kier molecular flexibility index (Phi) is 6.09. The Balaban J connectivity index is 2.07. The van der Waals surface area contributed by atoms with Gasteiger partial charge in [0.2, 0.25) is 0 Å². The van der Waals surface area contributed by atoms with E-state index in [4.69, 9.17) is 26.9 Å². The van der Waals surface area contributed by atoms with Crippen LogP contribution in [0.1, 0.15) is 31.9 Å². The van der Waals surface area contributed by atoms with Crippen molar-refractivity contribution in [3.05, 3.63) is 71.8 Å². The molecule has 0 aliphatic carbocycles. The van der Waals surface area contributed by atoms with E-state index in [9.17, 15) is 0 Å². The van der Waals surface area contributed by atoms with Gasteiger partial charge in [-0.25, -0.2) is 0 Å². The Morgan fingerprint density at radius 1 is 0.923 bits per heavy atom. The molecule has 0 aliphatic rings.